The number of pyridine rings is 1. The number of halogens is 1. The van der Waals surface area contributed by atoms with Gasteiger partial charge in [-0.25, -0.2) is 4.98 Å². The van der Waals surface area contributed by atoms with Crippen LogP contribution in [0.3, 0.4) is 0 Å². The minimum absolute atomic E-state index is 0.116. The number of anilines is 1. The number of hydrogen-bond donors (Lipinski definition) is 1. The molecule has 0 saturated carbocycles. The van der Waals surface area contributed by atoms with Crippen molar-refractivity contribution in [3.05, 3.63) is 23.8 Å². The maximum Gasteiger partial charge on any atom is 0.269 e. The van der Waals surface area contributed by atoms with Crippen LogP contribution in [0.25, 0.3) is 0 Å². The SMILES string of the molecule is CNC(=O)c1ccc(N2CCCCC2)c(F)n1. The summed E-state index contributed by atoms with van der Waals surface area (Å²) in [5, 5.41) is 2.43. The number of hydrogen-bond acceptors (Lipinski definition) is 3. The third-order valence-corrected chi connectivity index (χ3v) is 2.99. The van der Waals surface area contributed by atoms with E-state index in [0.717, 1.165) is 25.9 Å². The normalized spacial score (nSPS) is 15.8. The lowest BCUT2D eigenvalue weighted by Crippen LogP contribution is -2.30. The van der Waals surface area contributed by atoms with E-state index in [1.807, 2.05) is 4.90 Å². The lowest BCUT2D eigenvalue weighted by Gasteiger charge is -2.28. The fourth-order valence-corrected chi connectivity index (χ4v) is 2.05. The molecule has 0 unspecified atom stereocenters. The van der Waals surface area contributed by atoms with E-state index in [2.05, 4.69) is 10.3 Å². The summed E-state index contributed by atoms with van der Waals surface area (Å²) in [6.07, 6.45) is 3.36. The monoisotopic (exact) mass is 237 g/mol. The minimum Gasteiger partial charge on any atom is -0.368 e. The Morgan fingerprint density at radius 1 is 1.35 bits per heavy atom. The second-order valence-corrected chi connectivity index (χ2v) is 4.13. The maximum absolute atomic E-state index is 13.8. The van der Waals surface area contributed by atoms with Crippen molar-refractivity contribution in [3.63, 3.8) is 0 Å². The van der Waals surface area contributed by atoms with Crippen LogP contribution in [0, 0.1) is 5.95 Å². The molecular formula is C12H16FN3O. The molecule has 0 aliphatic carbocycles. The first-order valence-corrected chi connectivity index (χ1v) is 5.86. The number of rotatable bonds is 2. The molecule has 0 bridgehead atoms. The molecule has 1 aliphatic rings. The van der Waals surface area contributed by atoms with Crippen molar-refractivity contribution in [1.29, 1.82) is 0 Å². The van der Waals surface area contributed by atoms with Crippen molar-refractivity contribution >= 4 is 11.6 Å². The maximum atomic E-state index is 13.8. The molecule has 0 atom stereocenters. The first-order chi connectivity index (χ1) is 8.22. The van der Waals surface area contributed by atoms with Crippen molar-refractivity contribution in [2.75, 3.05) is 25.0 Å². The predicted octanol–water partition coefficient (Wildman–Crippen LogP) is 1.57. The molecule has 1 aromatic rings. The minimum atomic E-state index is -0.562. The van der Waals surface area contributed by atoms with Crippen LogP contribution in [0.5, 0.6) is 0 Å². The van der Waals surface area contributed by atoms with Gasteiger partial charge in [0.1, 0.15) is 5.69 Å². The lowest BCUT2D eigenvalue weighted by molar-refractivity contribution is 0.0957. The molecule has 17 heavy (non-hydrogen) atoms. The van der Waals surface area contributed by atoms with Gasteiger partial charge in [-0.1, -0.05) is 0 Å². The lowest BCUT2D eigenvalue weighted by atomic mass is 10.1. The van der Waals surface area contributed by atoms with Gasteiger partial charge < -0.3 is 10.2 Å². The molecule has 1 fully saturated rings. The number of nitrogens with zero attached hydrogens (tertiary/aromatic N) is 2. The molecule has 1 N–H and O–H groups in total. The van der Waals surface area contributed by atoms with Gasteiger partial charge in [-0.2, -0.15) is 4.39 Å². The molecule has 92 valence electrons. The van der Waals surface area contributed by atoms with E-state index in [4.69, 9.17) is 0 Å². The van der Waals surface area contributed by atoms with Gasteiger partial charge in [-0.05, 0) is 31.4 Å². The van der Waals surface area contributed by atoms with E-state index in [9.17, 15) is 9.18 Å². The van der Waals surface area contributed by atoms with Gasteiger partial charge in [0.15, 0.2) is 0 Å². The molecule has 1 amide bonds. The zero-order valence-electron chi connectivity index (χ0n) is 9.87. The highest BCUT2D eigenvalue weighted by Gasteiger charge is 2.17. The van der Waals surface area contributed by atoms with Gasteiger partial charge in [-0.15, -0.1) is 0 Å². The van der Waals surface area contributed by atoms with Gasteiger partial charge in [-0.3, -0.25) is 4.79 Å². The highest BCUT2D eigenvalue weighted by molar-refractivity contribution is 5.92. The van der Waals surface area contributed by atoms with Crippen LogP contribution < -0.4 is 10.2 Å². The summed E-state index contributed by atoms with van der Waals surface area (Å²) in [4.78, 5) is 17.0. The number of nitrogens with one attached hydrogen (secondary N) is 1. The molecule has 1 aromatic heterocycles. The molecule has 1 aliphatic heterocycles. The third kappa shape index (κ3) is 2.54. The second kappa shape index (κ2) is 5.12. The average Bonchev–Trinajstić information content (AvgIpc) is 2.38. The summed E-state index contributed by atoms with van der Waals surface area (Å²) < 4.78 is 13.8. The summed E-state index contributed by atoms with van der Waals surface area (Å²) in [6, 6.07) is 3.20. The van der Waals surface area contributed by atoms with E-state index in [0.29, 0.717) is 5.69 Å². The van der Waals surface area contributed by atoms with E-state index in [-0.39, 0.29) is 11.6 Å². The van der Waals surface area contributed by atoms with Gasteiger partial charge in [0.2, 0.25) is 5.95 Å². The van der Waals surface area contributed by atoms with Gasteiger partial charge >= 0.3 is 0 Å². The van der Waals surface area contributed by atoms with Crippen molar-refractivity contribution in [3.8, 4) is 0 Å². The molecule has 2 heterocycles. The number of carbonyl (C=O) groups excluding carboxylic acids is 1. The van der Waals surface area contributed by atoms with Crippen molar-refractivity contribution < 1.29 is 9.18 Å². The smallest absolute Gasteiger partial charge is 0.269 e. The van der Waals surface area contributed by atoms with E-state index >= 15 is 0 Å². The van der Waals surface area contributed by atoms with Crippen LogP contribution in [0.4, 0.5) is 10.1 Å². The Labute approximate surface area is 99.8 Å². The topological polar surface area (TPSA) is 45.2 Å². The van der Waals surface area contributed by atoms with Crippen LogP contribution in [0.2, 0.25) is 0 Å². The van der Waals surface area contributed by atoms with Crippen LogP contribution >= 0.6 is 0 Å². The predicted molar refractivity (Wildman–Crippen MR) is 63.6 cm³/mol. The average molecular weight is 237 g/mol. The summed E-state index contributed by atoms with van der Waals surface area (Å²) in [5.41, 5.74) is 0.614. The molecule has 0 radical (unpaired) electrons. The van der Waals surface area contributed by atoms with Crippen LogP contribution in [-0.4, -0.2) is 31.0 Å². The van der Waals surface area contributed by atoms with Gasteiger partial charge in [0.05, 0.1) is 5.69 Å². The highest BCUT2D eigenvalue weighted by Crippen LogP contribution is 2.22. The van der Waals surface area contributed by atoms with Crippen molar-refractivity contribution in [2.24, 2.45) is 0 Å². The summed E-state index contributed by atoms with van der Waals surface area (Å²) in [6.45, 7) is 1.72. The van der Waals surface area contributed by atoms with Crippen LogP contribution in [0.1, 0.15) is 29.8 Å². The number of amides is 1. The number of aromatic nitrogens is 1. The Bertz CT molecular complexity index is 416. The standard InChI is InChI=1S/C12H16FN3O/c1-14-12(17)9-5-6-10(11(13)15-9)16-7-3-2-4-8-16/h5-6H,2-4,7-8H2,1H3,(H,14,17). The molecule has 0 aromatic carbocycles. The van der Waals surface area contributed by atoms with Crippen LogP contribution in [0.15, 0.2) is 12.1 Å². The van der Waals surface area contributed by atoms with Gasteiger partial charge in [0.25, 0.3) is 5.91 Å². The second-order valence-electron chi connectivity index (χ2n) is 4.13. The van der Waals surface area contributed by atoms with E-state index < -0.39 is 5.95 Å². The highest BCUT2D eigenvalue weighted by atomic mass is 19.1. The Kier molecular flexibility index (Phi) is 3.56. The number of carbonyl (C=O) groups is 1. The van der Waals surface area contributed by atoms with Gasteiger partial charge in [0, 0.05) is 20.1 Å². The largest absolute Gasteiger partial charge is 0.368 e. The Morgan fingerprint density at radius 3 is 2.65 bits per heavy atom. The molecule has 2 rings (SSSR count). The zero-order chi connectivity index (χ0) is 12.3. The molecule has 5 heteroatoms. The molecule has 1 saturated heterocycles. The first kappa shape index (κ1) is 11.8. The Hall–Kier alpha value is -1.65. The summed E-state index contributed by atoms with van der Waals surface area (Å²) >= 11 is 0. The molecular weight excluding hydrogens is 221 g/mol. The summed E-state index contributed by atoms with van der Waals surface area (Å²) in [7, 11) is 1.50. The fourth-order valence-electron chi connectivity index (χ4n) is 2.05. The van der Waals surface area contributed by atoms with Crippen LogP contribution in [-0.2, 0) is 0 Å². The Morgan fingerprint density at radius 2 is 2.06 bits per heavy atom. The number of piperidine rings is 1. The van der Waals surface area contributed by atoms with E-state index in [1.165, 1.54) is 13.5 Å². The van der Waals surface area contributed by atoms with Crippen molar-refractivity contribution in [1.82, 2.24) is 10.3 Å². The van der Waals surface area contributed by atoms with E-state index in [1.54, 1.807) is 12.1 Å². The zero-order valence-corrected chi connectivity index (χ0v) is 9.87. The van der Waals surface area contributed by atoms with Crippen molar-refractivity contribution in [2.45, 2.75) is 19.3 Å². The third-order valence-electron chi connectivity index (χ3n) is 2.99. The first-order valence-electron chi connectivity index (χ1n) is 5.86. The fraction of sp³-hybridized carbons (Fsp3) is 0.500. The Balaban J connectivity index is 2.21. The molecule has 0 spiro atoms. The quantitative estimate of drug-likeness (QED) is 0.794. The summed E-state index contributed by atoms with van der Waals surface area (Å²) in [5.74, 6) is -0.929. The molecule has 4 nitrogen and oxygen atoms in total.